The summed E-state index contributed by atoms with van der Waals surface area (Å²) in [6.45, 7) is 9.59. The molecule has 1 aromatic carbocycles. The number of aromatic nitrogens is 2. The Morgan fingerprint density at radius 2 is 1.96 bits per heavy atom. The SMILES string of the molecule is CCc1c(C)nc(-c2ccc(C)cc2)nc1NCC1CCCNC1. The molecule has 4 nitrogen and oxygen atoms in total. The van der Waals surface area contributed by atoms with E-state index in [1.807, 2.05) is 0 Å². The minimum atomic E-state index is 0.682. The Morgan fingerprint density at radius 3 is 2.62 bits per heavy atom. The van der Waals surface area contributed by atoms with Crippen LogP contribution in [0.15, 0.2) is 24.3 Å². The van der Waals surface area contributed by atoms with E-state index in [0.29, 0.717) is 5.92 Å². The lowest BCUT2D eigenvalue weighted by molar-refractivity contribution is 0.392. The second-order valence-electron chi connectivity index (χ2n) is 6.77. The summed E-state index contributed by atoms with van der Waals surface area (Å²) in [7, 11) is 0. The molecule has 1 fully saturated rings. The number of nitrogens with zero attached hydrogens (tertiary/aromatic N) is 2. The molecule has 0 aliphatic carbocycles. The van der Waals surface area contributed by atoms with Gasteiger partial charge in [-0.2, -0.15) is 0 Å². The van der Waals surface area contributed by atoms with Gasteiger partial charge in [0.05, 0.1) is 0 Å². The molecule has 1 aliphatic rings. The topological polar surface area (TPSA) is 49.8 Å². The molecule has 2 N–H and O–H groups in total. The van der Waals surface area contributed by atoms with Crippen LogP contribution in [0.2, 0.25) is 0 Å². The molecule has 2 heterocycles. The zero-order valence-electron chi connectivity index (χ0n) is 15.0. The number of nitrogens with one attached hydrogen (secondary N) is 2. The van der Waals surface area contributed by atoms with Crippen molar-refractivity contribution in [1.82, 2.24) is 15.3 Å². The lowest BCUT2D eigenvalue weighted by Crippen LogP contribution is -2.33. The molecule has 128 valence electrons. The van der Waals surface area contributed by atoms with E-state index in [2.05, 4.69) is 55.7 Å². The van der Waals surface area contributed by atoms with E-state index in [1.165, 1.54) is 24.0 Å². The summed E-state index contributed by atoms with van der Waals surface area (Å²) in [6, 6.07) is 8.43. The quantitative estimate of drug-likeness (QED) is 0.880. The van der Waals surface area contributed by atoms with E-state index >= 15 is 0 Å². The summed E-state index contributed by atoms with van der Waals surface area (Å²) >= 11 is 0. The average molecular weight is 324 g/mol. The predicted molar refractivity (Wildman–Crippen MR) is 100 cm³/mol. The van der Waals surface area contributed by atoms with Gasteiger partial charge in [0.25, 0.3) is 0 Å². The number of piperidine rings is 1. The van der Waals surface area contributed by atoms with E-state index in [-0.39, 0.29) is 0 Å². The van der Waals surface area contributed by atoms with Crippen molar-refractivity contribution in [2.24, 2.45) is 5.92 Å². The van der Waals surface area contributed by atoms with Crippen molar-refractivity contribution in [3.8, 4) is 11.4 Å². The third-order valence-corrected chi connectivity index (χ3v) is 4.83. The molecule has 3 rings (SSSR count). The van der Waals surface area contributed by atoms with E-state index in [0.717, 1.165) is 49.0 Å². The third kappa shape index (κ3) is 3.93. The first kappa shape index (κ1) is 16.9. The third-order valence-electron chi connectivity index (χ3n) is 4.83. The van der Waals surface area contributed by atoms with Crippen molar-refractivity contribution in [2.75, 3.05) is 25.0 Å². The highest BCUT2D eigenvalue weighted by atomic mass is 15.0. The summed E-state index contributed by atoms with van der Waals surface area (Å²) in [4.78, 5) is 9.58. The van der Waals surface area contributed by atoms with E-state index < -0.39 is 0 Å². The number of aryl methyl sites for hydroxylation is 2. The zero-order chi connectivity index (χ0) is 16.9. The maximum Gasteiger partial charge on any atom is 0.161 e. The van der Waals surface area contributed by atoms with Crippen molar-refractivity contribution in [3.05, 3.63) is 41.1 Å². The van der Waals surface area contributed by atoms with Gasteiger partial charge >= 0.3 is 0 Å². The number of hydrogen-bond donors (Lipinski definition) is 2. The van der Waals surface area contributed by atoms with Crippen LogP contribution in [0.3, 0.4) is 0 Å². The summed E-state index contributed by atoms with van der Waals surface area (Å²) in [5, 5.41) is 7.09. The zero-order valence-corrected chi connectivity index (χ0v) is 15.0. The predicted octanol–water partition coefficient (Wildman–Crippen LogP) is 3.73. The maximum absolute atomic E-state index is 4.85. The van der Waals surface area contributed by atoms with Gasteiger partial charge in [-0.3, -0.25) is 0 Å². The molecule has 1 saturated heterocycles. The van der Waals surface area contributed by atoms with Gasteiger partial charge in [0.1, 0.15) is 5.82 Å². The monoisotopic (exact) mass is 324 g/mol. The van der Waals surface area contributed by atoms with Crippen molar-refractivity contribution in [3.63, 3.8) is 0 Å². The van der Waals surface area contributed by atoms with E-state index in [1.54, 1.807) is 0 Å². The first-order valence-corrected chi connectivity index (χ1v) is 9.06. The van der Waals surface area contributed by atoms with Gasteiger partial charge in [0.2, 0.25) is 0 Å². The number of rotatable bonds is 5. The Balaban J connectivity index is 1.84. The van der Waals surface area contributed by atoms with E-state index in [4.69, 9.17) is 9.97 Å². The molecule has 1 unspecified atom stereocenters. The molecule has 0 saturated carbocycles. The van der Waals surface area contributed by atoms with Crippen LogP contribution in [0.4, 0.5) is 5.82 Å². The average Bonchev–Trinajstić information content (AvgIpc) is 2.61. The fourth-order valence-corrected chi connectivity index (χ4v) is 3.34. The molecule has 0 radical (unpaired) electrons. The summed E-state index contributed by atoms with van der Waals surface area (Å²) < 4.78 is 0. The molecule has 1 aliphatic heterocycles. The second kappa shape index (κ2) is 7.75. The largest absolute Gasteiger partial charge is 0.369 e. The smallest absolute Gasteiger partial charge is 0.161 e. The minimum absolute atomic E-state index is 0.682. The highest BCUT2D eigenvalue weighted by molar-refractivity contribution is 5.60. The molecule has 0 bridgehead atoms. The van der Waals surface area contributed by atoms with Crippen LogP contribution in [-0.4, -0.2) is 29.6 Å². The van der Waals surface area contributed by atoms with Crippen LogP contribution >= 0.6 is 0 Å². The first-order valence-electron chi connectivity index (χ1n) is 9.06. The van der Waals surface area contributed by atoms with Crippen LogP contribution in [0.25, 0.3) is 11.4 Å². The van der Waals surface area contributed by atoms with Crippen LogP contribution in [0.1, 0.15) is 36.6 Å². The van der Waals surface area contributed by atoms with Crippen LogP contribution < -0.4 is 10.6 Å². The van der Waals surface area contributed by atoms with Gasteiger partial charge in [-0.25, -0.2) is 9.97 Å². The van der Waals surface area contributed by atoms with Gasteiger partial charge in [-0.05, 0) is 52.1 Å². The summed E-state index contributed by atoms with van der Waals surface area (Å²) in [6.07, 6.45) is 3.51. The van der Waals surface area contributed by atoms with Crippen molar-refractivity contribution in [1.29, 1.82) is 0 Å². The number of benzene rings is 1. The minimum Gasteiger partial charge on any atom is -0.369 e. The molecular weight excluding hydrogens is 296 g/mol. The number of hydrogen-bond acceptors (Lipinski definition) is 4. The second-order valence-corrected chi connectivity index (χ2v) is 6.77. The van der Waals surface area contributed by atoms with Gasteiger partial charge in [-0.15, -0.1) is 0 Å². The van der Waals surface area contributed by atoms with Gasteiger partial charge < -0.3 is 10.6 Å². The Hall–Kier alpha value is -1.94. The Kier molecular flexibility index (Phi) is 5.46. The standard InChI is InChI=1S/C20H28N4/c1-4-18-15(3)23-19(17-9-7-14(2)8-10-17)24-20(18)22-13-16-6-5-11-21-12-16/h7-10,16,21H,4-6,11-13H2,1-3H3,(H,22,23,24). The molecule has 1 aromatic heterocycles. The van der Waals surface area contributed by atoms with E-state index in [9.17, 15) is 0 Å². The van der Waals surface area contributed by atoms with Crippen molar-refractivity contribution in [2.45, 2.75) is 40.0 Å². The Labute approximate surface area is 145 Å². The summed E-state index contributed by atoms with van der Waals surface area (Å²) in [5.74, 6) is 2.50. The van der Waals surface area contributed by atoms with Crippen LogP contribution in [0.5, 0.6) is 0 Å². The van der Waals surface area contributed by atoms with Crippen LogP contribution in [0, 0.1) is 19.8 Å². The van der Waals surface area contributed by atoms with Crippen LogP contribution in [-0.2, 0) is 6.42 Å². The summed E-state index contributed by atoms with van der Waals surface area (Å²) in [5.41, 5.74) is 4.64. The first-order chi connectivity index (χ1) is 11.7. The molecule has 0 spiro atoms. The molecule has 4 heteroatoms. The van der Waals surface area contributed by atoms with Crippen molar-refractivity contribution >= 4 is 5.82 Å². The number of anilines is 1. The lowest BCUT2D eigenvalue weighted by atomic mass is 9.99. The van der Waals surface area contributed by atoms with Gasteiger partial charge in [0.15, 0.2) is 5.82 Å². The van der Waals surface area contributed by atoms with Gasteiger partial charge in [-0.1, -0.05) is 36.8 Å². The molecule has 1 atom stereocenters. The highest BCUT2D eigenvalue weighted by Crippen LogP contribution is 2.24. The fourth-order valence-electron chi connectivity index (χ4n) is 3.34. The Morgan fingerprint density at radius 1 is 1.17 bits per heavy atom. The molecule has 0 amide bonds. The normalized spacial score (nSPS) is 17.7. The lowest BCUT2D eigenvalue weighted by Gasteiger charge is -2.24. The highest BCUT2D eigenvalue weighted by Gasteiger charge is 2.16. The van der Waals surface area contributed by atoms with Crippen molar-refractivity contribution < 1.29 is 0 Å². The molecular formula is C20H28N4. The fraction of sp³-hybridized carbons (Fsp3) is 0.500. The Bertz CT molecular complexity index is 673. The van der Waals surface area contributed by atoms with Gasteiger partial charge in [0, 0.05) is 23.4 Å². The maximum atomic E-state index is 4.85. The molecule has 24 heavy (non-hydrogen) atoms. The molecule has 2 aromatic rings.